The smallest absolute Gasteiger partial charge is 0.240 e. The van der Waals surface area contributed by atoms with E-state index in [0.717, 1.165) is 19.4 Å². The highest BCUT2D eigenvalue weighted by Gasteiger charge is 2.35. The molecular weight excluding hydrogens is 268 g/mol. The normalized spacial score (nSPS) is 21.1. The first-order valence-electron chi connectivity index (χ1n) is 7.90. The summed E-state index contributed by atoms with van der Waals surface area (Å²) in [5, 5.41) is 6.31. The van der Waals surface area contributed by atoms with Crippen LogP contribution in [-0.2, 0) is 9.59 Å². The van der Waals surface area contributed by atoms with E-state index in [1.807, 2.05) is 11.8 Å². The lowest BCUT2D eigenvalue weighted by atomic mass is 10.1. The maximum Gasteiger partial charge on any atom is 0.240 e. The van der Waals surface area contributed by atoms with Crippen LogP contribution in [0.1, 0.15) is 33.6 Å². The summed E-state index contributed by atoms with van der Waals surface area (Å²) in [6, 6.07) is -0.344. The van der Waals surface area contributed by atoms with Gasteiger partial charge < -0.3 is 15.5 Å². The van der Waals surface area contributed by atoms with E-state index < -0.39 is 0 Å². The lowest BCUT2D eigenvalue weighted by Crippen LogP contribution is -2.62. The predicted molar refractivity (Wildman–Crippen MR) is 84.0 cm³/mol. The first kappa shape index (κ1) is 17.9. The van der Waals surface area contributed by atoms with Gasteiger partial charge in [-0.3, -0.25) is 14.5 Å². The monoisotopic (exact) mass is 298 g/mol. The molecule has 0 aliphatic carbocycles. The molecule has 1 aliphatic rings. The summed E-state index contributed by atoms with van der Waals surface area (Å²) in [4.78, 5) is 28.3. The molecule has 0 bridgehead atoms. The number of nitrogens with one attached hydrogen (secondary N) is 2. The number of amides is 2. The number of piperazine rings is 1. The van der Waals surface area contributed by atoms with Crippen molar-refractivity contribution in [3.05, 3.63) is 0 Å². The molecule has 2 atom stereocenters. The van der Waals surface area contributed by atoms with Gasteiger partial charge in [-0.25, -0.2) is 0 Å². The molecule has 0 radical (unpaired) electrons. The van der Waals surface area contributed by atoms with E-state index in [2.05, 4.69) is 24.5 Å². The summed E-state index contributed by atoms with van der Waals surface area (Å²) in [7, 11) is 3.51. The van der Waals surface area contributed by atoms with Crippen molar-refractivity contribution < 1.29 is 9.59 Å². The third kappa shape index (κ3) is 4.68. The van der Waals surface area contributed by atoms with Crippen LogP contribution in [0.2, 0.25) is 0 Å². The van der Waals surface area contributed by atoms with Gasteiger partial charge in [0.05, 0.1) is 6.04 Å². The van der Waals surface area contributed by atoms with Crippen molar-refractivity contribution in [1.82, 2.24) is 20.4 Å². The topological polar surface area (TPSA) is 64.7 Å². The Morgan fingerprint density at radius 3 is 2.48 bits per heavy atom. The summed E-state index contributed by atoms with van der Waals surface area (Å²) >= 11 is 0. The Morgan fingerprint density at radius 2 is 1.95 bits per heavy atom. The van der Waals surface area contributed by atoms with Gasteiger partial charge in [0.2, 0.25) is 11.8 Å². The number of hydrogen-bond acceptors (Lipinski definition) is 4. The van der Waals surface area contributed by atoms with Crippen molar-refractivity contribution in [2.75, 3.05) is 33.7 Å². The van der Waals surface area contributed by atoms with E-state index in [-0.39, 0.29) is 29.9 Å². The molecule has 1 rings (SSSR count). The zero-order valence-electron chi connectivity index (χ0n) is 14.0. The Morgan fingerprint density at radius 1 is 1.33 bits per heavy atom. The average Bonchev–Trinajstić information content (AvgIpc) is 2.50. The lowest BCUT2D eigenvalue weighted by molar-refractivity contribution is -0.138. The van der Waals surface area contributed by atoms with Crippen LogP contribution in [0.4, 0.5) is 0 Å². The SMILES string of the molecule is CCC(CC)NC(=O)C(C)N1CCNCC1C(=O)N(C)C. The van der Waals surface area contributed by atoms with Crippen LogP contribution >= 0.6 is 0 Å². The van der Waals surface area contributed by atoms with Crippen LogP contribution in [0.15, 0.2) is 0 Å². The Hall–Kier alpha value is -1.14. The van der Waals surface area contributed by atoms with Gasteiger partial charge in [0.15, 0.2) is 0 Å². The van der Waals surface area contributed by atoms with Gasteiger partial charge in [0, 0.05) is 39.8 Å². The number of hydrogen-bond donors (Lipinski definition) is 2. The third-order valence-corrected chi connectivity index (χ3v) is 4.22. The van der Waals surface area contributed by atoms with Gasteiger partial charge in [-0.2, -0.15) is 0 Å². The molecule has 1 saturated heterocycles. The minimum Gasteiger partial charge on any atom is -0.352 e. The number of likely N-dealkylation sites (N-methyl/N-ethyl adjacent to an activating group) is 1. The Bertz CT molecular complexity index is 356. The van der Waals surface area contributed by atoms with Crippen LogP contribution < -0.4 is 10.6 Å². The molecule has 0 saturated carbocycles. The van der Waals surface area contributed by atoms with E-state index >= 15 is 0 Å². The molecular formula is C15H30N4O2. The first-order chi connectivity index (χ1) is 9.92. The van der Waals surface area contributed by atoms with Crippen molar-refractivity contribution in [3.8, 4) is 0 Å². The minimum atomic E-state index is -0.290. The summed E-state index contributed by atoms with van der Waals surface area (Å²) in [5.41, 5.74) is 0. The first-order valence-corrected chi connectivity index (χ1v) is 7.90. The van der Waals surface area contributed by atoms with Crippen molar-refractivity contribution in [2.45, 2.75) is 51.7 Å². The molecule has 122 valence electrons. The lowest BCUT2D eigenvalue weighted by Gasteiger charge is -2.39. The number of rotatable bonds is 6. The molecule has 1 fully saturated rings. The molecule has 6 heteroatoms. The highest BCUT2D eigenvalue weighted by molar-refractivity contribution is 5.85. The fourth-order valence-corrected chi connectivity index (χ4v) is 2.68. The van der Waals surface area contributed by atoms with Gasteiger partial charge in [0.25, 0.3) is 0 Å². The average molecular weight is 298 g/mol. The van der Waals surface area contributed by atoms with Crippen molar-refractivity contribution in [3.63, 3.8) is 0 Å². The van der Waals surface area contributed by atoms with Crippen LogP contribution in [0, 0.1) is 0 Å². The van der Waals surface area contributed by atoms with E-state index in [9.17, 15) is 9.59 Å². The van der Waals surface area contributed by atoms with E-state index in [0.29, 0.717) is 13.1 Å². The van der Waals surface area contributed by atoms with Crippen LogP contribution in [0.3, 0.4) is 0 Å². The van der Waals surface area contributed by atoms with Crippen molar-refractivity contribution in [2.24, 2.45) is 0 Å². The van der Waals surface area contributed by atoms with Gasteiger partial charge in [-0.05, 0) is 19.8 Å². The third-order valence-electron chi connectivity index (χ3n) is 4.22. The quantitative estimate of drug-likeness (QED) is 0.727. The Balaban J connectivity index is 2.74. The van der Waals surface area contributed by atoms with E-state index in [1.54, 1.807) is 19.0 Å². The second-order valence-corrected chi connectivity index (χ2v) is 5.89. The maximum atomic E-state index is 12.4. The fraction of sp³-hybridized carbons (Fsp3) is 0.867. The standard InChI is InChI=1S/C15H30N4O2/c1-6-12(7-2)17-14(20)11(3)19-9-8-16-10-13(19)15(21)18(4)5/h11-13,16H,6-10H2,1-5H3,(H,17,20). The van der Waals surface area contributed by atoms with Crippen LogP contribution in [0.5, 0.6) is 0 Å². The zero-order chi connectivity index (χ0) is 16.0. The molecule has 0 aromatic heterocycles. The Kier molecular flexibility index (Phi) is 7.11. The summed E-state index contributed by atoms with van der Waals surface area (Å²) in [6.45, 7) is 8.14. The molecule has 6 nitrogen and oxygen atoms in total. The molecule has 1 aliphatic heterocycles. The molecule has 21 heavy (non-hydrogen) atoms. The van der Waals surface area contributed by atoms with Gasteiger partial charge >= 0.3 is 0 Å². The maximum absolute atomic E-state index is 12.4. The number of nitrogens with zero attached hydrogens (tertiary/aromatic N) is 2. The second kappa shape index (κ2) is 8.34. The van der Waals surface area contributed by atoms with Crippen molar-refractivity contribution >= 4 is 11.8 Å². The predicted octanol–water partition coefficient (Wildman–Crippen LogP) is 0.0417. The van der Waals surface area contributed by atoms with E-state index in [1.165, 1.54) is 0 Å². The molecule has 0 spiro atoms. The van der Waals surface area contributed by atoms with Crippen molar-refractivity contribution in [1.29, 1.82) is 0 Å². The van der Waals surface area contributed by atoms with Crippen LogP contribution in [0.25, 0.3) is 0 Å². The Labute approximate surface area is 128 Å². The van der Waals surface area contributed by atoms with Crippen LogP contribution in [-0.4, -0.2) is 73.5 Å². The van der Waals surface area contributed by atoms with Gasteiger partial charge in [-0.15, -0.1) is 0 Å². The summed E-state index contributed by atoms with van der Waals surface area (Å²) in [6.07, 6.45) is 1.85. The fourth-order valence-electron chi connectivity index (χ4n) is 2.68. The molecule has 1 heterocycles. The van der Waals surface area contributed by atoms with Gasteiger partial charge in [-0.1, -0.05) is 13.8 Å². The highest BCUT2D eigenvalue weighted by Crippen LogP contribution is 2.11. The number of carbonyl (C=O) groups excluding carboxylic acids is 2. The molecule has 2 N–H and O–H groups in total. The zero-order valence-corrected chi connectivity index (χ0v) is 14.0. The molecule has 2 amide bonds. The minimum absolute atomic E-state index is 0.0159. The molecule has 0 aromatic carbocycles. The highest BCUT2D eigenvalue weighted by atomic mass is 16.2. The van der Waals surface area contributed by atoms with E-state index in [4.69, 9.17) is 0 Å². The summed E-state index contributed by atoms with van der Waals surface area (Å²) < 4.78 is 0. The summed E-state index contributed by atoms with van der Waals surface area (Å²) in [5.74, 6) is 0.0616. The molecule has 0 aromatic rings. The largest absolute Gasteiger partial charge is 0.352 e. The second-order valence-electron chi connectivity index (χ2n) is 5.89. The number of carbonyl (C=O) groups is 2. The van der Waals surface area contributed by atoms with Gasteiger partial charge in [0.1, 0.15) is 6.04 Å². The molecule has 2 unspecified atom stereocenters.